The molecule has 2 amide bonds. The van der Waals surface area contributed by atoms with E-state index >= 15 is 0 Å². The van der Waals surface area contributed by atoms with E-state index in [9.17, 15) is 4.79 Å². The molecule has 0 spiro atoms. The maximum atomic E-state index is 12.3. The molecule has 5 heteroatoms. The lowest BCUT2D eigenvalue weighted by Crippen LogP contribution is -2.49. The van der Waals surface area contributed by atoms with E-state index in [-0.39, 0.29) is 18.2 Å². The van der Waals surface area contributed by atoms with Crippen molar-refractivity contribution in [3.8, 4) is 0 Å². The Balaban J connectivity index is 1.90. The van der Waals surface area contributed by atoms with Crippen molar-refractivity contribution in [3.05, 3.63) is 29.8 Å². The number of nitrogens with one attached hydrogen (secondary N) is 1. The molecule has 116 valence electrons. The van der Waals surface area contributed by atoms with Crippen LogP contribution >= 0.6 is 11.8 Å². The normalized spacial score (nSPS) is 22.1. The molecule has 1 aromatic rings. The molecule has 1 aliphatic heterocycles. The molecule has 2 rings (SSSR count). The molecule has 0 bridgehead atoms. The lowest BCUT2D eigenvalue weighted by molar-refractivity contribution is -0.0530. The first kappa shape index (κ1) is 16.2. The summed E-state index contributed by atoms with van der Waals surface area (Å²) in [6, 6.07) is 8.06. The highest BCUT2D eigenvalue weighted by Gasteiger charge is 2.25. The third-order valence-electron chi connectivity index (χ3n) is 3.51. The van der Waals surface area contributed by atoms with E-state index in [0.29, 0.717) is 13.1 Å². The number of rotatable bonds is 4. The first-order chi connectivity index (χ1) is 10.1. The highest BCUT2D eigenvalue weighted by Crippen LogP contribution is 2.15. The number of urea groups is 1. The Morgan fingerprint density at radius 1 is 1.29 bits per heavy atom. The number of morpholine rings is 1. The molecule has 2 atom stereocenters. The summed E-state index contributed by atoms with van der Waals surface area (Å²) >= 11 is 1.84. The summed E-state index contributed by atoms with van der Waals surface area (Å²) < 4.78 is 5.65. The van der Waals surface area contributed by atoms with Crippen molar-refractivity contribution in [2.24, 2.45) is 0 Å². The number of hydrogen-bond donors (Lipinski definition) is 1. The van der Waals surface area contributed by atoms with Gasteiger partial charge in [-0.3, -0.25) is 0 Å². The Bertz CT molecular complexity index is 454. The Labute approximate surface area is 131 Å². The molecule has 1 fully saturated rings. The van der Waals surface area contributed by atoms with Crippen molar-refractivity contribution in [1.82, 2.24) is 4.90 Å². The maximum Gasteiger partial charge on any atom is 0.322 e. The molecule has 1 heterocycles. The molecular weight excluding hydrogens is 284 g/mol. The zero-order valence-corrected chi connectivity index (χ0v) is 13.8. The molecule has 0 radical (unpaired) electrons. The number of carbonyl (C=O) groups excluding carboxylic acids is 1. The van der Waals surface area contributed by atoms with Crippen LogP contribution in [0.5, 0.6) is 0 Å². The van der Waals surface area contributed by atoms with Crippen LogP contribution in [0.4, 0.5) is 10.5 Å². The number of ether oxygens (including phenoxy) is 1. The molecule has 0 saturated carbocycles. The Morgan fingerprint density at radius 2 is 1.90 bits per heavy atom. The minimum absolute atomic E-state index is 0.0473. The van der Waals surface area contributed by atoms with Gasteiger partial charge >= 0.3 is 6.03 Å². The summed E-state index contributed by atoms with van der Waals surface area (Å²) in [5, 5.41) is 2.96. The van der Waals surface area contributed by atoms with Crippen molar-refractivity contribution in [2.75, 3.05) is 30.4 Å². The number of amides is 2. The maximum absolute atomic E-state index is 12.3. The highest BCUT2D eigenvalue weighted by atomic mass is 32.2. The summed E-state index contributed by atoms with van der Waals surface area (Å²) in [5.74, 6) is 1.12. The number of benzene rings is 1. The van der Waals surface area contributed by atoms with Gasteiger partial charge in [0.15, 0.2) is 0 Å². The second kappa shape index (κ2) is 7.71. The van der Waals surface area contributed by atoms with Crippen molar-refractivity contribution in [1.29, 1.82) is 0 Å². The standard InChI is InChI=1S/C16H24N2O2S/c1-12-10-18(11-13(2)20-12)16(19)17-15-6-4-14(5-7-15)8-9-21-3/h4-7,12-13H,8-11H2,1-3H3,(H,17,19)/t12-,13+. The lowest BCUT2D eigenvalue weighted by atomic mass is 10.1. The molecule has 1 aromatic carbocycles. The van der Waals surface area contributed by atoms with Gasteiger partial charge in [0.25, 0.3) is 0 Å². The van der Waals surface area contributed by atoms with Gasteiger partial charge in [0.05, 0.1) is 12.2 Å². The van der Waals surface area contributed by atoms with Gasteiger partial charge in [-0.1, -0.05) is 12.1 Å². The monoisotopic (exact) mass is 308 g/mol. The zero-order chi connectivity index (χ0) is 15.2. The van der Waals surface area contributed by atoms with Gasteiger partial charge in [0, 0.05) is 18.8 Å². The van der Waals surface area contributed by atoms with E-state index in [2.05, 4.69) is 23.7 Å². The number of anilines is 1. The largest absolute Gasteiger partial charge is 0.372 e. The van der Waals surface area contributed by atoms with Gasteiger partial charge < -0.3 is 15.0 Å². The van der Waals surface area contributed by atoms with Crippen LogP contribution in [0.3, 0.4) is 0 Å². The van der Waals surface area contributed by atoms with Crippen LogP contribution in [0.2, 0.25) is 0 Å². The van der Waals surface area contributed by atoms with E-state index in [0.717, 1.165) is 17.9 Å². The van der Waals surface area contributed by atoms with Gasteiger partial charge in [0.1, 0.15) is 0 Å². The fourth-order valence-electron chi connectivity index (χ4n) is 2.52. The van der Waals surface area contributed by atoms with Crippen molar-refractivity contribution >= 4 is 23.5 Å². The fraction of sp³-hybridized carbons (Fsp3) is 0.562. The predicted molar refractivity (Wildman–Crippen MR) is 89.1 cm³/mol. The molecule has 1 N–H and O–H groups in total. The molecule has 1 saturated heterocycles. The van der Waals surface area contributed by atoms with Crippen LogP contribution in [0.1, 0.15) is 19.4 Å². The Morgan fingerprint density at radius 3 is 2.48 bits per heavy atom. The van der Waals surface area contributed by atoms with Crippen LogP contribution in [0.15, 0.2) is 24.3 Å². The SMILES string of the molecule is CSCCc1ccc(NC(=O)N2C[C@@H](C)O[C@@H](C)C2)cc1. The number of hydrogen-bond acceptors (Lipinski definition) is 3. The Hall–Kier alpha value is -1.20. The van der Waals surface area contributed by atoms with Gasteiger partial charge in [0.2, 0.25) is 0 Å². The first-order valence-electron chi connectivity index (χ1n) is 7.37. The zero-order valence-electron chi connectivity index (χ0n) is 13.0. The van der Waals surface area contributed by atoms with Gasteiger partial charge in [-0.25, -0.2) is 4.79 Å². The van der Waals surface area contributed by atoms with Gasteiger partial charge in [-0.15, -0.1) is 0 Å². The number of aryl methyl sites for hydroxylation is 1. The second-order valence-corrected chi connectivity index (χ2v) is 6.52. The minimum atomic E-state index is -0.0473. The third-order valence-corrected chi connectivity index (χ3v) is 4.12. The number of thioether (sulfide) groups is 1. The average Bonchev–Trinajstić information content (AvgIpc) is 2.45. The minimum Gasteiger partial charge on any atom is -0.372 e. The van der Waals surface area contributed by atoms with Crippen molar-refractivity contribution in [2.45, 2.75) is 32.5 Å². The summed E-state index contributed by atoms with van der Waals surface area (Å²) in [6.45, 7) is 5.27. The summed E-state index contributed by atoms with van der Waals surface area (Å²) in [6.07, 6.45) is 3.36. The highest BCUT2D eigenvalue weighted by molar-refractivity contribution is 7.98. The number of nitrogens with zero attached hydrogens (tertiary/aromatic N) is 1. The summed E-state index contributed by atoms with van der Waals surface area (Å²) in [7, 11) is 0. The fourth-order valence-corrected chi connectivity index (χ4v) is 2.96. The van der Waals surface area contributed by atoms with Gasteiger partial charge in [-0.05, 0) is 50.0 Å². The molecular formula is C16H24N2O2S. The molecule has 21 heavy (non-hydrogen) atoms. The molecule has 1 aliphatic rings. The van der Waals surface area contributed by atoms with Crippen LogP contribution in [0.25, 0.3) is 0 Å². The van der Waals surface area contributed by atoms with Crippen LogP contribution in [-0.4, -0.2) is 48.2 Å². The topological polar surface area (TPSA) is 41.6 Å². The quantitative estimate of drug-likeness (QED) is 0.928. The van der Waals surface area contributed by atoms with Crippen LogP contribution in [0, 0.1) is 0 Å². The van der Waals surface area contributed by atoms with E-state index in [1.807, 2.05) is 42.6 Å². The summed E-state index contributed by atoms with van der Waals surface area (Å²) in [5.41, 5.74) is 2.15. The first-order valence-corrected chi connectivity index (χ1v) is 8.77. The lowest BCUT2D eigenvalue weighted by Gasteiger charge is -2.35. The average molecular weight is 308 g/mol. The van der Waals surface area contributed by atoms with Crippen LogP contribution in [-0.2, 0) is 11.2 Å². The van der Waals surface area contributed by atoms with E-state index in [1.54, 1.807) is 0 Å². The smallest absolute Gasteiger partial charge is 0.322 e. The van der Waals surface area contributed by atoms with Crippen molar-refractivity contribution < 1.29 is 9.53 Å². The summed E-state index contributed by atoms with van der Waals surface area (Å²) in [4.78, 5) is 14.1. The second-order valence-electron chi connectivity index (χ2n) is 5.53. The van der Waals surface area contributed by atoms with E-state index in [1.165, 1.54) is 5.56 Å². The van der Waals surface area contributed by atoms with Crippen LogP contribution < -0.4 is 5.32 Å². The Kier molecular flexibility index (Phi) is 5.94. The van der Waals surface area contributed by atoms with Gasteiger partial charge in [-0.2, -0.15) is 11.8 Å². The predicted octanol–water partition coefficient (Wildman–Crippen LogP) is 3.23. The van der Waals surface area contributed by atoms with E-state index < -0.39 is 0 Å². The van der Waals surface area contributed by atoms with Crippen molar-refractivity contribution in [3.63, 3.8) is 0 Å². The number of carbonyl (C=O) groups is 1. The molecule has 0 aromatic heterocycles. The molecule has 0 aliphatic carbocycles. The van der Waals surface area contributed by atoms with E-state index in [4.69, 9.17) is 4.74 Å². The third kappa shape index (κ3) is 4.93. The molecule has 4 nitrogen and oxygen atoms in total. The molecule has 0 unspecified atom stereocenters.